The van der Waals surface area contributed by atoms with E-state index in [1.807, 2.05) is 27.7 Å². The topological polar surface area (TPSA) is 86.1 Å². The molecule has 3 rings (SSSR count). The highest BCUT2D eigenvalue weighted by Crippen LogP contribution is 2.31. The lowest BCUT2D eigenvalue weighted by Crippen LogP contribution is -2.17. The Balaban J connectivity index is 0.000000277. The van der Waals surface area contributed by atoms with Crippen LogP contribution >= 0.6 is 0 Å². The molecule has 1 aliphatic rings. The molecular formula is C21H31F3N4O2. The maximum atomic E-state index is 12.2. The number of aromatic nitrogens is 3. The van der Waals surface area contributed by atoms with E-state index in [0.717, 1.165) is 44.2 Å². The number of aromatic amines is 1. The molecule has 0 aliphatic carbocycles. The summed E-state index contributed by atoms with van der Waals surface area (Å²) in [6.45, 7) is 9.76. The van der Waals surface area contributed by atoms with E-state index in [1.54, 1.807) is 7.11 Å². The summed E-state index contributed by atoms with van der Waals surface area (Å²) in [6, 6.07) is 0.894. The van der Waals surface area contributed by atoms with Crippen molar-refractivity contribution in [2.75, 3.05) is 26.1 Å². The van der Waals surface area contributed by atoms with Crippen molar-refractivity contribution in [2.24, 2.45) is 5.92 Å². The van der Waals surface area contributed by atoms with E-state index in [4.69, 9.17) is 15.2 Å². The molecule has 30 heavy (non-hydrogen) atoms. The minimum absolute atomic E-state index is 0.0294. The summed E-state index contributed by atoms with van der Waals surface area (Å²) in [5.74, 6) is 1.73. The summed E-state index contributed by atoms with van der Waals surface area (Å²) >= 11 is 0. The number of alkyl halides is 3. The molecule has 3 N–H and O–H groups in total. The van der Waals surface area contributed by atoms with Gasteiger partial charge in [0, 0.05) is 13.7 Å². The van der Waals surface area contributed by atoms with Crippen LogP contribution in [0.25, 0.3) is 11.0 Å². The smallest absolute Gasteiger partial charge is 0.431 e. The van der Waals surface area contributed by atoms with Crippen molar-refractivity contribution < 1.29 is 22.6 Å². The summed E-state index contributed by atoms with van der Waals surface area (Å²) in [5.41, 5.74) is 5.92. The van der Waals surface area contributed by atoms with Gasteiger partial charge in [0.15, 0.2) is 0 Å². The highest BCUT2D eigenvalue weighted by molar-refractivity contribution is 5.86. The maximum absolute atomic E-state index is 12.2. The summed E-state index contributed by atoms with van der Waals surface area (Å²) in [7, 11) is 1.75. The lowest BCUT2D eigenvalue weighted by molar-refractivity contribution is -0.140. The number of ether oxygens (including phenoxy) is 2. The number of hydrogen-bond acceptors (Lipinski definition) is 5. The molecule has 0 saturated heterocycles. The molecule has 0 spiro atoms. The van der Waals surface area contributed by atoms with Crippen molar-refractivity contribution >= 4 is 16.9 Å². The average molecular weight is 428 g/mol. The number of halogens is 3. The third-order valence-corrected chi connectivity index (χ3v) is 4.36. The van der Waals surface area contributed by atoms with Crippen LogP contribution in [-0.2, 0) is 15.7 Å². The van der Waals surface area contributed by atoms with Crippen molar-refractivity contribution in [2.45, 2.75) is 46.7 Å². The number of nitrogens with zero attached hydrogens (tertiary/aromatic N) is 2. The third kappa shape index (κ3) is 7.37. The Hall–Kier alpha value is -2.55. The van der Waals surface area contributed by atoms with Crippen molar-refractivity contribution in [1.29, 1.82) is 0 Å². The molecule has 1 aliphatic heterocycles. The second-order valence-corrected chi connectivity index (χ2v) is 6.45. The van der Waals surface area contributed by atoms with Gasteiger partial charge in [-0.3, -0.25) is 0 Å². The van der Waals surface area contributed by atoms with E-state index in [0.29, 0.717) is 5.92 Å². The summed E-state index contributed by atoms with van der Waals surface area (Å²) < 4.78 is 47.4. The van der Waals surface area contributed by atoms with E-state index in [9.17, 15) is 13.2 Å². The van der Waals surface area contributed by atoms with Crippen LogP contribution in [0.2, 0.25) is 0 Å². The number of nitrogen functional groups attached to an aromatic ring is 1. The quantitative estimate of drug-likeness (QED) is 0.672. The first-order chi connectivity index (χ1) is 14.3. The zero-order valence-corrected chi connectivity index (χ0v) is 18.1. The molecule has 6 nitrogen and oxygen atoms in total. The predicted molar refractivity (Wildman–Crippen MR) is 113 cm³/mol. The van der Waals surface area contributed by atoms with Crippen LogP contribution in [0.1, 0.15) is 46.2 Å². The molecule has 0 radical (unpaired) electrons. The predicted octanol–water partition coefficient (Wildman–Crippen LogP) is 5.49. The second kappa shape index (κ2) is 12.2. The average Bonchev–Trinajstić information content (AvgIpc) is 3.17. The van der Waals surface area contributed by atoms with Crippen LogP contribution in [0.3, 0.4) is 0 Å². The molecule has 2 aromatic rings. The van der Waals surface area contributed by atoms with Gasteiger partial charge < -0.3 is 20.2 Å². The molecule has 1 atom stereocenters. The van der Waals surface area contributed by atoms with Crippen molar-refractivity contribution in [3.63, 3.8) is 0 Å². The number of nitrogens with two attached hydrogens (primary N) is 1. The molecule has 2 aromatic heterocycles. The lowest BCUT2D eigenvalue weighted by Gasteiger charge is -2.25. The van der Waals surface area contributed by atoms with Crippen LogP contribution in [0, 0.1) is 5.92 Å². The van der Waals surface area contributed by atoms with Crippen LogP contribution in [-0.4, -0.2) is 35.3 Å². The number of methoxy groups -OCH3 is 1. The highest BCUT2D eigenvalue weighted by atomic mass is 19.4. The van der Waals surface area contributed by atoms with Gasteiger partial charge in [0.1, 0.15) is 23.5 Å². The zero-order chi connectivity index (χ0) is 22.7. The van der Waals surface area contributed by atoms with Gasteiger partial charge in [0.05, 0.1) is 17.8 Å². The van der Waals surface area contributed by atoms with E-state index in [-0.39, 0.29) is 16.9 Å². The Labute approximate surface area is 175 Å². The standard InChI is InChI=1S/C12H20O2.C7H5F3N4.C2H6/c1-4-5-12-8-11(6-7-13-3)9-14-10(12)2;8-7(9,10)4-1-3-5(11)12-2-13-6(3)14-4;1-2/h4-5,11H,6-9H2,1-3H3;1-2H,(H3,11,12,13,14);1-2H3/b5-4-;;/t11-;;/m1../s1. The van der Waals surface area contributed by atoms with Gasteiger partial charge in [-0.25, -0.2) is 9.97 Å². The lowest BCUT2D eigenvalue weighted by atomic mass is 9.94. The van der Waals surface area contributed by atoms with Crippen LogP contribution in [0.5, 0.6) is 0 Å². The summed E-state index contributed by atoms with van der Waals surface area (Å²) in [6.07, 6.45) is 3.11. The first-order valence-electron chi connectivity index (χ1n) is 9.86. The van der Waals surface area contributed by atoms with E-state index in [1.165, 1.54) is 5.57 Å². The van der Waals surface area contributed by atoms with E-state index < -0.39 is 11.9 Å². The second-order valence-electron chi connectivity index (χ2n) is 6.45. The third-order valence-electron chi connectivity index (χ3n) is 4.36. The number of allylic oxidation sites excluding steroid dienone is 4. The maximum Gasteiger partial charge on any atom is 0.431 e. The van der Waals surface area contributed by atoms with Gasteiger partial charge in [-0.15, -0.1) is 0 Å². The number of H-pyrrole nitrogens is 1. The molecule has 0 saturated carbocycles. The molecule has 0 fully saturated rings. The first kappa shape index (κ1) is 25.5. The molecule has 9 heteroatoms. The first-order valence-corrected chi connectivity index (χ1v) is 9.86. The van der Waals surface area contributed by atoms with E-state index >= 15 is 0 Å². The Morgan fingerprint density at radius 1 is 1.33 bits per heavy atom. The monoisotopic (exact) mass is 428 g/mol. The number of rotatable bonds is 4. The normalized spacial score (nSPS) is 16.6. The minimum atomic E-state index is -4.42. The number of anilines is 1. The molecular weight excluding hydrogens is 397 g/mol. The van der Waals surface area contributed by atoms with Crippen molar-refractivity contribution in [3.8, 4) is 0 Å². The van der Waals surface area contributed by atoms with Gasteiger partial charge in [0.2, 0.25) is 0 Å². The minimum Gasteiger partial charge on any atom is -0.498 e. The molecule has 168 valence electrons. The van der Waals surface area contributed by atoms with Gasteiger partial charge in [-0.2, -0.15) is 13.2 Å². The SMILES string of the molecule is C/C=C\C1=C(C)OC[C@H](CCOC)C1.CC.Nc1ncnc2[nH]c(C(F)(F)F)cc12. The largest absolute Gasteiger partial charge is 0.498 e. The molecule has 0 unspecified atom stereocenters. The Kier molecular flexibility index (Phi) is 10.4. The molecule has 3 heterocycles. The van der Waals surface area contributed by atoms with Gasteiger partial charge in [-0.1, -0.05) is 26.0 Å². The summed E-state index contributed by atoms with van der Waals surface area (Å²) in [4.78, 5) is 9.33. The van der Waals surface area contributed by atoms with Gasteiger partial charge >= 0.3 is 6.18 Å². The Morgan fingerprint density at radius 3 is 2.60 bits per heavy atom. The summed E-state index contributed by atoms with van der Waals surface area (Å²) in [5, 5.41) is 0.180. The highest BCUT2D eigenvalue weighted by Gasteiger charge is 2.33. The molecule has 0 aromatic carbocycles. The van der Waals surface area contributed by atoms with Crippen molar-refractivity contribution in [1.82, 2.24) is 15.0 Å². The van der Waals surface area contributed by atoms with Gasteiger partial charge in [0.25, 0.3) is 0 Å². The Bertz CT molecular complexity index is 844. The van der Waals surface area contributed by atoms with Crippen LogP contribution in [0.15, 0.2) is 35.9 Å². The fourth-order valence-corrected chi connectivity index (χ4v) is 2.82. The van der Waals surface area contributed by atoms with Crippen LogP contribution in [0.4, 0.5) is 19.0 Å². The number of hydrogen-bond donors (Lipinski definition) is 2. The zero-order valence-electron chi connectivity index (χ0n) is 18.1. The molecule has 0 bridgehead atoms. The molecule has 0 amide bonds. The van der Waals surface area contributed by atoms with Crippen molar-refractivity contribution in [3.05, 3.63) is 41.6 Å². The fourth-order valence-electron chi connectivity index (χ4n) is 2.82. The number of nitrogens with one attached hydrogen (secondary N) is 1. The van der Waals surface area contributed by atoms with E-state index in [2.05, 4.69) is 27.1 Å². The fraction of sp³-hybridized carbons (Fsp3) is 0.524. The van der Waals surface area contributed by atoms with Crippen LogP contribution < -0.4 is 5.73 Å². The Morgan fingerprint density at radius 2 is 2.03 bits per heavy atom. The van der Waals surface area contributed by atoms with Gasteiger partial charge in [-0.05, 0) is 44.2 Å². The number of fused-ring (bicyclic) bond motifs is 1.